The zero-order valence-corrected chi connectivity index (χ0v) is 12.2. The van der Waals surface area contributed by atoms with Gasteiger partial charge in [0.15, 0.2) is 0 Å². The van der Waals surface area contributed by atoms with Crippen LogP contribution in [0.15, 0.2) is 12.1 Å². The fourth-order valence-electron chi connectivity index (χ4n) is 2.23. The van der Waals surface area contributed by atoms with Crippen molar-refractivity contribution in [3.63, 3.8) is 0 Å². The highest BCUT2D eigenvalue weighted by atomic mass is 16.5. The van der Waals surface area contributed by atoms with Crippen LogP contribution in [0.3, 0.4) is 0 Å². The highest BCUT2D eigenvalue weighted by Gasteiger charge is 2.18. The molecule has 0 bridgehead atoms. The molecule has 0 aromatic heterocycles. The van der Waals surface area contributed by atoms with Gasteiger partial charge in [0.05, 0.1) is 7.11 Å². The Hall–Kier alpha value is -1.06. The van der Waals surface area contributed by atoms with Crippen LogP contribution in [0.1, 0.15) is 35.6 Å². The van der Waals surface area contributed by atoms with Crippen molar-refractivity contribution in [3.05, 3.63) is 28.8 Å². The normalized spacial score (nSPS) is 12.8. The van der Waals surface area contributed by atoms with Crippen LogP contribution in [0.4, 0.5) is 0 Å². The monoisotopic (exact) mass is 251 g/mol. The molecule has 0 radical (unpaired) electrons. The fraction of sp³-hybridized carbons (Fsp3) is 0.600. The minimum absolute atomic E-state index is 0.234. The van der Waals surface area contributed by atoms with Gasteiger partial charge in [-0.05, 0) is 58.0 Å². The van der Waals surface area contributed by atoms with Gasteiger partial charge in [0.2, 0.25) is 0 Å². The molecule has 0 spiro atoms. The lowest BCUT2D eigenvalue weighted by atomic mass is 9.96. The lowest BCUT2D eigenvalue weighted by Crippen LogP contribution is -2.21. The maximum Gasteiger partial charge on any atom is 0.123 e. The maximum absolute atomic E-state index is 9.02. The number of aryl methyl sites for hydroxylation is 2. The van der Waals surface area contributed by atoms with Gasteiger partial charge in [-0.1, -0.05) is 6.07 Å². The molecule has 0 aliphatic heterocycles. The van der Waals surface area contributed by atoms with Gasteiger partial charge < -0.3 is 14.7 Å². The minimum Gasteiger partial charge on any atom is -0.496 e. The zero-order chi connectivity index (χ0) is 13.7. The second-order valence-corrected chi connectivity index (χ2v) is 5.02. The Labute approximate surface area is 110 Å². The van der Waals surface area contributed by atoms with Crippen LogP contribution < -0.4 is 4.74 Å². The van der Waals surface area contributed by atoms with E-state index in [1.165, 1.54) is 16.7 Å². The van der Waals surface area contributed by atoms with Gasteiger partial charge in [-0.2, -0.15) is 0 Å². The minimum atomic E-state index is 0.234. The molecular formula is C15H25NO2. The molecule has 1 atom stereocenters. The van der Waals surface area contributed by atoms with Gasteiger partial charge in [-0.15, -0.1) is 0 Å². The molecule has 3 nitrogen and oxygen atoms in total. The molecule has 3 heteroatoms. The summed E-state index contributed by atoms with van der Waals surface area (Å²) in [5, 5.41) is 9.02. The molecule has 0 amide bonds. The molecule has 1 unspecified atom stereocenters. The lowest BCUT2D eigenvalue weighted by Gasteiger charge is -2.27. The Kier molecular flexibility index (Phi) is 5.63. The summed E-state index contributed by atoms with van der Waals surface area (Å²) in [6.45, 7) is 4.45. The Balaban J connectivity index is 3.13. The van der Waals surface area contributed by atoms with Gasteiger partial charge >= 0.3 is 0 Å². The van der Waals surface area contributed by atoms with E-state index in [1.807, 2.05) is 0 Å². The van der Waals surface area contributed by atoms with Gasteiger partial charge in [-0.25, -0.2) is 0 Å². The molecule has 0 aliphatic rings. The summed E-state index contributed by atoms with van der Waals surface area (Å²) in [7, 11) is 5.85. The summed E-state index contributed by atoms with van der Waals surface area (Å²) < 4.78 is 5.50. The summed E-state index contributed by atoms with van der Waals surface area (Å²) in [5.74, 6) is 0.940. The summed E-state index contributed by atoms with van der Waals surface area (Å²) >= 11 is 0. The van der Waals surface area contributed by atoms with Crippen molar-refractivity contribution in [1.82, 2.24) is 4.90 Å². The van der Waals surface area contributed by atoms with Crippen molar-refractivity contribution in [2.45, 2.75) is 32.7 Å². The van der Waals surface area contributed by atoms with Crippen LogP contribution in [-0.4, -0.2) is 37.8 Å². The Bertz CT molecular complexity index is 388. The van der Waals surface area contributed by atoms with E-state index in [2.05, 4.69) is 45.0 Å². The standard InChI is InChI=1S/C15H25NO2/c1-11-9-13(15(18-5)10-12(11)2)14(16(3)4)7-6-8-17/h9-10,14,17H,6-8H2,1-5H3. The highest BCUT2D eigenvalue weighted by Crippen LogP contribution is 2.33. The molecule has 1 rings (SSSR count). The van der Waals surface area contributed by atoms with Crippen LogP contribution in [0.25, 0.3) is 0 Å². The number of ether oxygens (including phenoxy) is 1. The second-order valence-electron chi connectivity index (χ2n) is 5.02. The van der Waals surface area contributed by atoms with Crippen molar-refractivity contribution in [2.75, 3.05) is 27.8 Å². The van der Waals surface area contributed by atoms with Crippen LogP contribution in [-0.2, 0) is 0 Å². The lowest BCUT2D eigenvalue weighted by molar-refractivity contribution is 0.231. The smallest absolute Gasteiger partial charge is 0.123 e. The first kappa shape index (κ1) is 15.0. The number of benzene rings is 1. The third-order valence-electron chi connectivity index (χ3n) is 3.46. The van der Waals surface area contributed by atoms with Crippen LogP contribution in [0.5, 0.6) is 5.75 Å². The van der Waals surface area contributed by atoms with Crippen molar-refractivity contribution in [1.29, 1.82) is 0 Å². The van der Waals surface area contributed by atoms with Gasteiger partial charge in [0.25, 0.3) is 0 Å². The third kappa shape index (κ3) is 3.47. The summed E-state index contributed by atoms with van der Waals surface area (Å²) in [6.07, 6.45) is 1.74. The molecule has 0 aliphatic carbocycles. The number of rotatable bonds is 6. The predicted molar refractivity (Wildman–Crippen MR) is 75.2 cm³/mol. The van der Waals surface area contributed by atoms with Crippen molar-refractivity contribution in [3.8, 4) is 5.75 Å². The van der Waals surface area contributed by atoms with E-state index in [-0.39, 0.29) is 12.6 Å². The summed E-state index contributed by atoms with van der Waals surface area (Å²) in [6, 6.07) is 4.59. The predicted octanol–water partition coefficient (Wildman–Crippen LogP) is 2.69. The number of aliphatic hydroxyl groups excluding tert-OH is 1. The van der Waals surface area contributed by atoms with Crippen molar-refractivity contribution < 1.29 is 9.84 Å². The van der Waals surface area contributed by atoms with E-state index in [9.17, 15) is 0 Å². The largest absolute Gasteiger partial charge is 0.496 e. The second kappa shape index (κ2) is 6.76. The third-order valence-corrected chi connectivity index (χ3v) is 3.46. The molecule has 18 heavy (non-hydrogen) atoms. The molecule has 0 fully saturated rings. The number of hydrogen-bond acceptors (Lipinski definition) is 3. The number of hydrogen-bond donors (Lipinski definition) is 1. The molecule has 1 aromatic carbocycles. The number of aliphatic hydroxyl groups is 1. The van der Waals surface area contributed by atoms with Crippen molar-refractivity contribution in [2.24, 2.45) is 0 Å². The quantitative estimate of drug-likeness (QED) is 0.843. The first-order valence-electron chi connectivity index (χ1n) is 6.43. The molecule has 1 N–H and O–H groups in total. The SMILES string of the molecule is COc1cc(C)c(C)cc1C(CCCO)N(C)C. The zero-order valence-electron chi connectivity index (χ0n) is 12.2. The summed E-state index contributed by atoms with van der Waals surface area (Å²) in [4.78, 5) is 2.18. The number of nitrogens with zero attached hydrogens (tertiary/aromatic N) is 1. The van der Waals surface area contributed by atoms with E-state index >= 15 is 0 Å². The van der Waals surface area contributed by atoms with Crippen molar-refractivity contribution >= 4 is 0 Å². The van der Waals surface area contributed by atoms with Gasteiger partial charge in [0, 0.05) is 18.2 Å². The topological polar surface area (TPSA) is 32.7 Å². The first-order chi connectivity index (χ1) is 8.51. The van der Waals surface area contributed by atoms with E-state index in [0.717, 1.165) is 18.6 Å². The first-order valence-corrected chi connectivity index (χ1v) is 6.43. The molecule has 0 saturated heterocycles. The molecule has 1 aromatic rings. The van der Waals surface area contributed by atoms with E-state index in [0.29, 0.717) is 0 Å². The summed E-state index contributed by atoms with van der Waals surface area (Å²) in [5.41, 5.74) is 3.73. The fourth-order valence-corrected chi connectivity index (χ4v) is 2.23. The van der Waals surface area contributed by atoms with E-state index < -0.39 is 0 Å². The Morgan fingerprint density at radius 1 is 1.22 bits per heavy atom. The molecule has 102 valence electrons. The van der Waals surface area contributed by atoms with Gasteiger partial charge in [-0.3, -0.25) is 0 Å². The van der Waals surface area contributed by atoms with E-state index in [1.54, 1.807) is 7.11 Å². The Morgan fingerprint density at radius 3 is 2.33 bits per heavy atom. The number of methoxy groups -OCH3 is 1. The average molecular weight is 251 g/mol. The average Bonchev–Trinajstić information content (AvgIpc) is 2.33. The molecular weight excluding hydrogens is 226 g/mol. The van der Waals surface area contributed by atoms with Gasteiger partial charge in [0.1, 0.15) is 5.75 Å². The van der Waals surface area contributed by atoms with Crippen LogP contribution in [0.2, 0.25) is 0 Å². The maximum atomic E-state index is 9.02. The van der Waals surface area contributed by atoms with Crippen LogP contribution >= 0.6 is 0 Å². The highest BCUT2D eigenvalue weighted by molar-refractivity contribution is 5.43. The molecule has 0 saturated carbocycles. The Morgan fingerprint density at radius 2 is 1.83 bits per heavy atom. The van der Waals surface area contributed by atoms with E-state index in [4.69, 9.17) is 9.84 Å². The molecule has 0 heterocycles. The van der Waals surface area contributed by atoms with Crippen LogP contribution in [0, 0.1) is 13.8 Å².